The molecule has 0 spiro atoms. The van der Waals surface area contributed by atoms with Crippen molar-refractivity contribution in [3.63, 3.8) is 0 Å². The van der Waals surface area contributed by atoms with Gasteiger partial charge in [-0.05, 0) is 60.4 Å². The van der Waals surface area contributed by atoms with Gasteiger partial charge in [0.25, 0.3) is 0 Å². The third-order valence-electron chi connectivity index (χ3n) is 5.79. The molecule has 0 aliphatic carbocycles. The zero-order chi connectivity index (χ0) is 40.9. The molecule has 12 nitrogen and oxygen atoms in total. The van der Waals surface area contributed by atoms with Gasteiger partial charge in [-0.2, -0.15) is 26.3 Å². The summed E-state index contributed by atoms with van der Waals surface area (Å²) in [7, 11) is 3.88. The molecular weight excluding hydrogens is 924 g/mol. The van der Waals surface area contributed by atoms with Crippen LogP contribution in [0.1, 0.15) is 22.3 Å². The van der Waals surface area contributed by atoms with Crippen LogP contribution in [0.15, 0.2) is 120 Å². The number of nitrogens with zero attached hydrogens (tertiary/aromatic N) is 8. The maximum atomic E-state index is 10.5. The molecule has 4 heterocycles. The minimum Gasteiger partial charge on any atom is -0.542 e. The van der Waals surface area contributed by atoms with Crippen LogP contribution in [0.4, 0.5) is 26.3 Å². The van der Waals surface area contributed by atoms with Crippen LogP contribution >= 0.6 is 31.9 Å². The number of carboxylic acids is 2. The van der Waals surface area contributed by atoms with Gasteiger partial charge >= 0.3 is 31.8 Å². The van der Waals surface area contributed by atoms with E-state index in [4.69, 9.17) is 19.8 Å². The first-order valence-corrected chi connectivity index (χ1v) is 16.6. The molecule has 6 aromatic rings. The molecule has 292 valence electrons. The number of aryl methyl sites for hydroxylation is 4. The Kier molecular flexibility index (Phi) is 23.3. The molecule has 0 bridgehead atoms. The number of hydrogen-bond acceptors (Lipinski definition) is 8. The predicted octanol–water partition coefficient (Wildman–Crippen LogP) is 5.44. The van der Waals surface area contributed by atoms with E-state index in [2.05, 4.69) is 111 Å². The summed E-state index contributed by atoms with van der Waals surface area (Å²) in [4.78, 5) is 33.2. The number of alkyl halides is 6. The van der Waals surface area contributed by atoms with Gasteiger partial charge in [-0.1, -0.05) is 44.0 Å². The van der Waals surface area contributed by atoms with E-state index in [1.807, 2.05) is 60.7 Å². The maximum Gasteiger partial charge on any atom is 2.00 e. The van der Waals surface area contributed by atoms with E-state index in [0.29, 0.717) is 0 Å². The third kappa shape index (κ3) is 24.4. The van der Waals surface area contributed by atoms with Gasteiger partial charge in [0, 0.05) is 85.7 Å². The largest absolute Gasteiger partial charge is 2.00 e. The van der Waals surface area contributed by atoms with E-state index < -0.39 is 24.3 Å². The van der Waals surface area contributed by atoms with Crippen molar-refractivity contribution in [1.29, 1.82) is 0 Å². The van der Waals surface area contributed by atoms with Crippen LogP contribution in [0.5, 0.6) is 0 Å². The van der Waals surface area contributed by atoms with Gasteiger partial charge in [0.2, 0.25) is 0 Å². The van der Waals surface area contributed by atoms with E-state index in [-0.39, 0.29) is 19.5 Å². The molecule has 0 saturated heterocycles. The van der Waals surface area contributed by atoms with E-state index in [1.54, 1.807) is 37.4 Å². The quantitative estimate of drug-likeness (QED) is 0.168. The molecule has 0 atom stereocenters. The number of hydrogen-bond donors (Lipinski definition) is 0. The van der Waals surface area contributed by atoms with E-state index in [0.717, 1.165) is 22.0 Å². The van der Waals surface area contributed by atoms with Gasteiger partial charge in [0.1, 0.15) is 11.9 Å². The van der Waals surface area contributed by atoms with Crippen LogP contribution in [-0.2, 0) is 56.3 Å². The minimum absolute atomic E-state index is 0. The minimum atomic E-state index is -5.19. The molecule has 0 saturated carbocycles. The Bertz CT molecular complexity index is 1750. The van der Waals surface area contributed by atoms with E-state index >= 15 is 0 Å². The summed E-state index contributed by atoms with van der Waals surface area (Å²) < 4.78 is 73.3. The fraction of sp³-hybridized carbons (Fsp3) is 0.235. The number of imidazole rings is 4. The second-order valence-corrected chi connectivity index (χ2v) is 12.6. The molecule has 2 aromatic carbocycles. The van der Waals surface area contributed by atoms with Crippen LogP contribution in [-0.4, -0.2) is 62.5 Å². The number of halogens is 8. The molecule has 0 aliphatic heterocycles. The van der Waals surface area contributed by atoms with E-state index in [9.17, 15) is 26.3 Å². The molecule has 6 rings (SSSR count). The Morgan fingerprint density at radius 1 is 0.582 bits per heavy atom. The van der Waals surface area contributed by atoms with Crippen molar-refractivity contribution in [3.05, 3.63) is 142 Å². The zero-order valence-corrected chi connectivity index (χ0v) is 35.9. The molecule has 0 fully saturated rings. The average Bonchev–Trinajstić information content (AvgIpc) is 3.88. The molecule has 21 heteroatoms. The SMILES string of the molecule is Cc1cc(Br)cc(Cn2ccnc2)c1.Cc1cc(Br)cc(Cn2ccnc2)c1.Cn1ccnc1.Cn1ccnc1.O=C([O-])C(F)(F)F.O=C([O-])C(F)(F)F.[Zn+2]. The van der Waals surface area contributed by atoms with Crippen molar-refractivity contribution >= 4 is 43.8 Å². The molecule has 55 heavy (non-hydrogen) atoms. The fourth-order valence-electron chi connectivity index (χ4n) is 3.64. The smallest absolute Gasteiger partial charge is 0.542 e. The van der Waals surface area contributed by atoms with Crippen molar-refractivity contribution in [2.24, 2.45) is 14.1 Å². The van der Waals surface area contributed by atoms with Crippen molar-refractivity contribution in [1.82, 2.24) is 38.2 Å². The van der Waals surface area contributed by atoms with Gasteiger partial charge in [-0.25, -0.2) is 19.9 Å². The van der Waals surface area contributed by atoms with Gasteiger partial charge in [-0.3, -0.25) is 0 Å². The van der Waals surface area contributed by atoms with Crippen molar-refractivity contribution in [3.8, 4) is 0 Å². The summed E-state index contributed by atoms with van der Waals surface area (Å²) >= 11 is 6.98. The first kappa shape index (κ1) is 50.4. The average molecular weight is 958 g/mol. The maximum absolute atomic E-state index is 10.5. The van der Waals surface area contributed by atoms with Crippen LogP contribution in [0.3, 0.4) is 0 Å². The molecule has 0 N–H and O–H groups in total. The predicted molar refractivity (Wildman–Crippen MR) is 189 cm³/mol. The van der Waals surface area contributed by atoms with Gasteiger partial charge in [0.05, 0.1) is 25.3 Å². The molecule has 4 aromatic heterocycles. The standard InChI is InChI=1S/2C11H11BrN2.2C4H6N2.2C2HF3O2.Zn/c2*1-9-4-10(6-11(12)5-9)7-14-3-2-13-8-14;2*1-6-3-2-5-4-6;2*3-2(4,5)1(6)7;/h2*2-6,8H,7H2,1H3;2*2-4H,1H3;2*(H,6,7);/q;;;;;;+2/p-2. The van der Waals surface area contributed by atoms with Crippen LogP contribution < -0.4 is 10.2 Å². The topological polar surface area (TPSA) is 152 Å². The van der Waals surface area contributed by atoms with Crippen LogP contribution in [0.25, 0.3) is 0 Å². The zero-order valence-electron chi connectivity index (χ0n) is 29.7. The Hall–Kier alpha value is -4.62. The van der Waals surface area contributed by atoms with Gasteiger partial charge < -0.3 is 38.1 Å². The second kappa shape index (κ2) is 25.5. The second-order valence-electron chi connectivity index (χ2n) is 10.8. The summed E-state index contributed by atoms with van der Waals surface area (Å²) in [5.41, 5.74) is 5.12. The Morgan fingerprint density at radius 3 is 1.05 bits per heavy atom. The summed E-state index contributed by atoms with van der Waals surface area (Å²) in [6, 6.07) is 12.9. The van der Waals surface area contributed by atoms with Gasteiger partial charge in [-0.15, -0.1) is 0 Å². The molecule has 0 amide bonds. The summed E-state index contributed by atoms with van der Waals surface area (Å²) in [6.45, 7) is 5.95. The summed E-state index contributed by atoms with van der Waals surface area (Å²) in [5.74, 6) is -6.01. The number of carbonyl (C=O) groups is 2. The van der Waals surface area contributed by atoms with Crippen molar-refractivity contribution in [2.45, 2.75) is 39.3 Å². The monoisotopic (exact) mass is 954 g/mol. The number of carboxylic acid groups (broad SMARTS) is 2. The molecule has 0 radical (unpaired) electrons. The van der Waals surface area contributed by atoms with Crippen LogP contribution in [0.2, 0.25) is 0 Å². The molecule has 0 aliphatic rings. The fourth-order valence-corrected chi connectivity index (χ4v) is 4.95. The number of aliphatic carboxylic acids is 2. The molecule has 0 unspecified atom stereocenters. The number of benzene rings is 2. The van der Waals surface area contributed by atoms with Crippen molar-refractivity contribution < 1.29 is 65.6 Å². The first-order chi connectivity index (χ1) is 25.1. The summed E-state index contributed by atoms with van der Waals surface area (Å²) in [5, 5.41) is 17.6. The Balaban J connectivity index is 0.000000662. The van der Waals surface area contributed by atoms with Crippen LogP contribution in [0, 0.1) is 13.8 Å². The Labute approximate surface area is 341 Å². The number of aromatic nitrogens is 8. The normalized spacial score (nSPS) is 10.1. The molecular formula is C34H34Br2F6N8O4Zn. The summed E-state index contributed by atoms with van der Waals surface area (Å²) in [6.07, 6.45) is 11.6. The number of carbonyl (C=O) groups excluding carboxylic acids is 2. The van der Waals surface area contributed by atoms with Gasteiger partial charge in [0.15, 0.2) is 0 Å². The Morgan fingerprint density at radius 2 is 0.873 bits per heavy atom. The number of rotatable bonds is 4. The third-order valence-corrected chi connectivity index (χ3v) is 6.70. The first-order valence-electron chi connectivity index (χ1n) is 15.0. The van der Waals surface area contributed by atoms with Crippen molar-refractivity contribution in [2.75, 3.05) is 0 Å². The van der Waals surface area contributed by atoms with E-state index in [1.165, 1.54) is 22.3 Å².